The van der Waals surface area contributed by atoms with Crippen molar-refractivity contribution in [2.45, 2.75) is 77.2 Å². The molecule has 0 aromatic heterocycles. The maximum atomic E-state index is 12.6. The predicted molar refractivity (Wildman–Crippen MR) is 91.9 cm³/mol. The van der Waals surface area contributed by atoms with Gasteiger partial charge in [0.1, 0.15) is 0 Å². The zero-order valence-electron chi connectivity index (χ0n) is 14.7. The Morgan fingerprint density at radius 2 is 1.91 bits per heavy atom. The van der Waals surface area contributed by atoms with Crippen LogP contribution in [0.2, 0.25) is 0 Å². The third-order valence-electron chi connectivity index (χ3n) is 8.06. The fraction of sp³-hybridized carbons (Fsp3) is 0.895. The van der Waals surface area contributed by atoms with Crippen molar-refractivity contribution >= 4 is 11.6 Å². The van der Waals surface area contributed by atoms with E-state index in [4.69, 9.17) is 5.84 Å². The first-order chi connectivity index (χ1) is 11.0. The van der Waals surface area contributed by atoms with Crippen LogP contribution in [0.1, 0.15) is 71.6 Å². The number of nitrogens with two attached hydrogens (primary N) is 1. The average molecular weight is 317 g/mol. The molecule has 5 atom stereocenters. The van der Waals surface area contributed by atoms with Crippen LogP contribution in [0.15, 0.2) is 5.10 Å². The van der Waals surface area contributed by atoms with E-state index in [9.17, 15) is 4.79 Å². The largest absolute Gasteiger partial charge is 0.337 e. The van der Waals surface area contributed by atoms with E-state index in [1.807, 2.05) is 0 Å². The van der Waals surface area contributed by atoms with Crippen LogP contribution in [0, 0.1) is 23.2 Å². The molecule has 2 heterocycles. The summed E-state index contributed by atoms with van der Waals surface area (Å²) in [5.74, 6) is 8.26. The highest BCUT2D eigenvalue weighted by atomic mass is 16.2. The maximum absolute atomic E-state index is 12.6. The maximum Gasteiger partial charge on any atom is 0.223 e. The molecule has 1 amide bonds. The van der Waals surface area contributed by atoms with Gasteiger partial charge in [0.15, 0.2) is 0 Å². The average Bonchev–Trinajstić information content (AvgIpc) is 2.79. The lowest BCUT2D eigenvalue weighted by molar-refractivity contribution is -0.150. The van der Waals surface area contributed by atoms with Gasteiger partial charge in [-0.15, -0.1) is 0 Å². The van der Waals surface area contributed by atoms with E-state index in [0.717, 1.165) is 37.6 Å². The molecule has 2 aliphatic heterocycles. The van der Waals surface area contributed by atoms with Crippen molar-refractivity contribution in [3.05, 3.63) is 0 Å². The van der Waals surface area contributed by atoms with Crippen LogP contribution in [0.4, 0.5) is 0 Å². The monoisotopic (exact) mass is 317 g/mol. The van der Waals surface area contributed by atoms with Crippen molar-refractivity contribution in [3.63, 3.8) is 0 Å². The molecular formula is C19H31N3O. The summed E-state index contributed by atoms with van der Waals surface area (Å²) in [6, 6.07) is 0. The Labute approximate surface area is 139 Å². The van der Waals surface area contributed by atoms with Gasteiger partial charge < -0.3 is 10.7 Å². The normalized spacial score (nSPS) is 48.6. The first-order valence-electron chi connectivity index (χ1n) is 9.58. The van der Waals surface area contributed by atoms with E-state index in [-0.39, 0.29) is 11.0 Å². The van der Waals surface area contributed by atoms with Crippen LogP contribution in [-0.4, -0.2) is 28.6 Å². The van der Waals surface area contributed by atoms with Gasteiger partial charge in [0.2, 0.25) is 5.91 Å². The topological polar surface area (TPSA) is 58.7 Å². The minimum absolute atomic E-state index is 0.0977. The summed E-state index contributed by atoms with van der Waals surface area (Å²) in [4.78, 5) is 14.9. The molecule has 1 unspecified atom stereocenters. The molecule has 4 fully saturated rings. The Kier molecular flexibility index (Phi) is 3.51. The van der Waals surface area contributed by atoms with E-state index in [1.165, 1.54) is 44.2 Å². The molecule has 2 saturated carbocycles. The number of nitrogens with zero attached hydrogens (tertiary/aromatic N) is 2. The lowest BCUT2D eigenvalue weighted by atomic mass is 9.53. The zero-order chi connectivity index (χ0) is 16.2. The van der Waals surface area contributed by atoms with Crippen molar-refractivity contribution in [1.82, 2.24) is 4.90 Å². The van der Waals surface area contributed by atoms with Gasteiger partial charge in [-0.3, -0.25) is 4.79 Å². The standard InChI is InChI=1S/C19H31N3O/c1-18-11-8-15-13(14(18)6-7-16(18)21-20)9-12-22-17(23)5-3-4-10-19(15,22)2/h13-15H,3-12,20H2,1-2H3/t13-,14-,15?,18-,19+/m0/s1. The van der Waals surface area contributed by atoms with Crippen LogP contribution in [0.25, 0.3) is 0 Å². The molecule has 0 spiro atoms. The molecule has 0 radical (unpaired) electrons. The summed E-state index contributed by atoms with van der Waals surface area (Å²) in [5.41, 5.74) is 1.58. The molecule has 0 aromatic carbocycles. The number of carbonyl (C=O) groups excluding carboxylic acids is 1. The Morgan fingerprint density at radius 1 is 1.09 bits per heavy atom. The quantitative estimate of drug-likeness (QED) is 0.550. The molecule has 4 rings (SSSR count). The molecule has 4 heteroatoms. The summed E-state index contributed by atoms with van der Waals surface area (Å²) in [6.45, 7) is 5.76. The van der Waals surface area contributed by atoms with Gasteiger partial charge in [-0.25, -0.2) is 0 Å². The Balaban J connectivity index is 1.68. The SMILES string of the molecule is C[C@]12CCC3[C@@H](CCN4C(=O)CCCC[C@]34C)[C@@H]1CCC2=NN. The number of amides is 1. The molecule has 23 heavy (non-hydrogen) atoms. The summed E-state index contributed by atoms with van der Waals surface area (Å²) in [6.07, 6.45) is 10.2. The van der Waals surface area contributed by atoms with Crippen LogP contribution in [-0.2, 0) is 4.79 Å². The fourth-order valence-corrected chi connectivity index (χ4v) is 6.82. The molecule has 2 saturated heterocycles. The van der Waals surface area contributed by atoms with Gasteiger partial charge in [0.25, 0.3) is 0 Å². The minimum Gasteiger partial charge on any atom is -0.337 e. The first-order valence-corrected chi connectivity index (χ1v) is 9.58. The van der Waals surface area contributed by atoms with Crippen LogP contribution in [0.5, 0.6) is 0 Å². The number of hydrogen-bond acceptors (Lipinski definition) is 3. The van der Waals surface area contributed by atoms with E-state index in [0.29, 0.717) is 11.8 Å². The Hall–Kier alpha value is -1.06. The third kappa shape index (κ3) is 2.02. The van der Waals surface area contributed by atoms with Crippen molar-refractivity contribution < 1.29 is 4.79 Å². The van der Waals surface area contributed by atoms with Gasteiger partial charge in [-0.2, -0.15) is 5.10 Å². The van der Waals surface area contributed by atoms with E-state index in [2.05, 4.69) is 23.8 Å². The highest BCUT2D eigenvalue weighted by Crippen LogP contribution is 2.60. The molecule has 4 nitrogen and oxygen atoms in total. The molecule has 0 aromatic rings. The van der Waals surface area contributed by atoms with Gasteiger partial charge >= 0.3 is 0 Å². The van der Waals surface area contributed by atoms with Crippen LogP contribution >= 0.6 is 0 Å². The van der Waals surface area contributed by atoms with Crippen molar-refractivity contribution in [1.29, 1.82) is 0 Å². The van der Waals surface area contributed by atoms with E-state index < -0.39 is 0 Å². The fourth-order valence-electron chi connectivity index (χ4n) is 6.82. The van der Waals surface area contributed by atoms with Crippen molar-refractivity contribution in [2.24, 2.45) is 34.1 Å². The lowest BCUT2D eigenvalue weighted by Gasteiger charge is -2.59. The first kappa shape index (κ1) is 15.5. The van der Waals surface area contributed by atoms with Crippen molar-refractivity contribution in [2.75, 3.05) is 6.54 Å². The summed E-state index contributed by atoms with van der Waals surface area (Å²) in [5, 5.41) is 4.16. The summed E-state index contributed by atoms with van der Waals surface area (Å²) >= 11 is 0. The van der Waals surface area contributed by atoms with Gasteiger partial charge in [0.05, 0.1) is 0 Å². The highest BCUT2D eigenvalue weighted by Gasteiger charge is 2.59. The molecule has 2 N–H and O–H groups in total. The second-order valence-electron chi connectivity index (χ2n) is 8.85. The third-order valence-corrected chi connectivity index (χ3v) is 8.06. The molecule has 2 aliphatic carbocycles. The van der Waals surface area contributed by atoms with Gasteiger partial charge in [-0.05, 0) is 69.6 Å². The molecular weight excluding hydrogens is 286 g/mol. The molecule has 4 aliphatic rings. The molecule has 128 valence electrons. The number of piperidine rings is 1. The molecule has 0 bridgehead atoms. The second-order valence-corrected chi connectivity index (χ2v) is 8.85. The van der Waals surface area contributed by atoms with Gasteiger partial charge in [-0.1, -0.05) is 13.3 Å². The number of hydrazone groups is 1. The van der Waals surface area contributed by atoms with Gasteiger partial charge in [0, 0.05) is 29.6 Å². The number of rotatable bonds is 0. The zero-order valence-corrected chi connectivity index (χ0v) is 14.7. The Bertz CT molecular complexity index is 545. The smallest absolute Gasteiger partial charge is 0.223 e. The van der Waals surface area contributed by atoms with Crippen LogP contribution < -0.4 is 5.84 Å². The number of carbonyl (C=O) groups is 1. The Morgan fingerprint density at radius 3 is 2.70 bits per heavy atom. The number of fused-ring (bicyclic) bond motifs is 5. The van der Waals surface area contributed by atoms with E-state index >= 15 is 0 Å². The summed E-state index contributed by atoms with van der Waals surface area (Å²) in [7, 11) is 0. The highest BCUT2D eigenvalue weighted by molar-refractivity contribution is 5.92. The van der Waals surface area contributed by atoms with Crippen molar-refractivity contribution in [3.8, 4) is 0 Å². The minimum atomic E-state index is 0.0977. The lowest BCUT2D eigenvalue weighted by Crippen LogP contribution is -2.62. The van der Waals surface area contributed by atoms with Crippen LogP contribution in [0.3, 0.4) is 0 Å². The van der Waals surface area contributed by atoms with E-state index in [1.54, 1.807) is 0 Å². The number of hydrogen-bond donors (Lipinski definition) is 1. The predicted octanol–water partition coefficient (Wildman–Crippen LogP) is 3.31. The summed E-state index contributed by atoms with van der Waals surface area (Å²) < 4.78 is 0. The second kappa shape index (κ2) is 5.22.